The molecule has 0 fully saturated rings. The van der Waals surface area contributed by atoms with Gasteiger partial charge in [-0.25, -0.2) is 0 Å². The molecule has 1 aromatic carbocycles. The Hall–Kier alpha value is -1.06. The second-order valence-corrected chi connectivity index (χ2v) is 5.71. The minimum Gasteiger partial charge on any atom is -0.497 e. The molecule has 0 aliphatic heterocycles. The summed E-state index contributed by atoms with van der Waals surface area (Å²) in [4.78, 5) is 0. The SMILES string of the molecule is CCNC(CCc1ccc(OC)cc1)C(OCC)C(C)C. The quantitative estimate of drug-likeness (QED) is 0.714. The zero-order chi connectivity index (χ0) is 15.7. The van der Waals surface area contributed by atoms with E-state index in [2.05, 4.69) is 45.1 Å². The van der Waals surface area contributed by atoms with E-state index in [4.69, 9.17) is 9.47 Å². The molecular formula is C18H31NO2. The summed E-state index contributed by atoms with van der Waals surface area (Å²) < 4.78 is 11.2. The summed E-state index contributed by atoms with van der Waals surface area (Å²) in [5.74, 6) is 1.43. The number of hydrogen-bond acceptors (Lipinski definition) is 3. The van der Waals surface area contributed by atoms with Gasteiger partial charge in [-0.15, -0.1) is 0 Å². The molecule has 3 nitrogen and oxygen atoms in total. The summed E-state index contributed by atoms with van der Waals surface area (Å²) in [5, 5.41) is 3.59. The molecule has 120 valence electrons. The van der Waals surface area contributed by atoms with Gasteiger partial charge < -0.3 is 14.8 Å². The van der Waals surface area contributed by atoms with Crippen molar-refractivity contribution in [2.24, 2.45) is 5.92 Å². The molecule has 2 atom stereocenters. The molecular weight excluding hydrogens is 262 g/mol. The fourth-order valence-corrected chi connectivity index (χ4v) is 2.72. The van der Waals surface area contributed by atoms with Crippen LogP contribution in [0.5, 0.6) is 5.75 Å². The van der Waals surface area contributed by atoms with Gasteiger partial charge in [0.15, 0.2) is 0 Å². The second-order valence-electron chi connectivity index (χ2n) is 5.71. The molecule has 0 saturated heterocycles. The number of hydrogen-bond donors (Lipinski definition) is 1. The minimum absolute atomic E-state index is 0.271. The van der Waals surface area contributed by atoms with Crippen LogP contribution in [0, 0.1) is 5.92 Å². The fourth-order valence-electron chi connectivity index (χ4n) is 2.72. The molecule has 3 heteroatoms. The van der Waals surface area contributed by atoms with Crippen LogP contribution in [-0.2, 0) is 11.2 Å². The highest BCUT2D eigenvalue weighted by Crippen LogP contribution is 2.18. The van der Waals surface area contributed by atoms with Crippen LogP contribution in [0.1, 0.15) is 39.7 Å². The Labute approximate surface area is 130 Å². The van der Waals surface area contributed by atoms with Gasteiger partial charge in [-0.05, 0) is 49.9 Å². The van der Waals surface area contributed by atoms with Crippen molar-refractivity contribution >= 4 is 0 Å². The third-order valence-electron chi connectivity index (χ3n) is 3.78. The molecule has 21 heavy (non-hydrogen) atoms. The maximum absolute atomic E-state index is 5.96. The lowest BCUT2D eigenvalue weighted by Crippen LogP contribution is -2.44. The monoisotopic (exact) mass is 293 g/mol. The van der Waals surface area contributed by atoms with Gasteiger partial charge in [-0.3, -0.25) is 0 Å². The Bertz CT molecular complexity index is 375. The van der Waals surface area contributed by atoms with Gasteiger partial charge in [-0.2, -0.15) is 0 Å². The molecule has 0 saturated carbocycles. The van der Waals surface area contributed by atoms with Crippen molar-refractivity contribution in [3.05, 3.63) is 29.8 Å². The van der Waals surface area contributed by atoms with Gasteiger partial charge in [-0.1, -0.05) is 32.9 Å². The topological polar surface area (TPSA) is 30.5 Å². The van der Waals surface area contributed by atoms with Crippen LogP contribution >= 0.6 is 0 Å². The van der Waals surface area contributed by atoms with Crippen LogP contribution in [0.15, 0.2) is 24.3 Å². The van der Waals surface area contributed by atoms with Crippen molar-refractivity contribution in [2.45, 2.75) is 52.7 Å². The van der Waals surface area contributed by atoms with E-state index in [1.54, 1.807) is 7.11 Å². The molecule has 0 amide bonds. The van der Waals surface area contributed by atoms with E-state index < -0.39 is 0 Å². The van der Waals surface area contributed by atoms with Crippen molar-refractivity contribution in [1.29, 1.82) is 0 Å². The molecule has 0 bridgehead atoms. The lowest BCUT2D eigenvalue weighted by atomic mass is 9.94. The van der Waals surface area contributed by atoms with Crippen LogP contribution in [0.4, 0.5) is 0 Å². The highest BCUT2D eigenvalue weighted by Gasteiger charge is 2.24. The van der Waals surface area contributed by atoms with E-state index in [1.165, 1.54) is 5.56 Å². The largest absolute Gasteiger partial charge is 0.497 e. The Morgan fingerprint density at radius 1 is 1.10 bits per heavy atom. The van der Waals surface area contributed by atoms with E-state index >= 15 is 0 Å². The predicted octanol–water partition coefficient (Wildman–Crippen LogP) is 3.67. The first kappa shape index (κ1) is 18.0. The van der Waals surface area contributed by atoms with E-state index in [1.807, 2.05) is 12.1 Å². The zero-order valence-electron chi connectivity index (χ0n) is 14.2. The smallest absolute Gasteiger partial charge is 0.118 e. The fraction of sp³-hybridized carbons (Fsp3) is 0.667. The van der Waals surface area contributed by atoms with Crippen LogP contribution < -0.4 is 10.1 Å². The van der Waals surface area contributed by atoms with Crippen molar-refractivity contribution in [3.63, 3.8) is 0 Å². The molecule has 2 unspecified atom stereocenters. The van der Waals surface area contributed by atoms with Crippen LogP contribution in [-0.4, -0.2) is 32.4 Å². The molecule has 1 rings (SSSR count). The van der Waals surface area contributed by atoms with Gasteiger partial charge in [0.05, 0.1) is 13.2 Å². The predicted molar refractivity (Wildman–Crippen MR) is 89.0 cm³/mol. The van der Waals surface area contributed by atoms with Crippen molar-refractivity contribution in [3.8, 4) is 5.75 Å². The number of methoxy groups -OCH3 is 1. The lowest BCUT2D eigenvalue weighted by Gasteiger charge is -2.30. The number of rotatable bonds is 10. The number of benzene rings is 1. The standard InChI is InChI=1S/C18H31NO2/c1-6-19-17(18(14(3)4)21-7-2)13-10-15-8-11-16(20-5)12-9-15/h8-9,11-12,14,17-19H,6-7,10,13H2,1-5H3. The van der Waals surface area contributed by atoms with Gasteiger partial charge in [0.2, 0.25) is 0 Å². The second kappa shape index (κ2) is 9.80. The normalized spacial score (nSPS) is 14.2. The highest BCUT2D eigenvalue weighted by atomic mass is 16.5. The summed E-state index contributed by atoms with van der Waals surface area (Å²) in [7, 11) is 1.70. The molecule has 1 N–H and O–H groups in total. The Balaban J connectivity index is 2.63. The highest BCUT2D eigenvalue weighted by molar-refractivity contribution is 5.27. The van der Waals surface area contributed by atoms with Crippen LogP contribution in [0.3, 0.4) is 0 Å². The van der Waals surface area contributed by atoms with E-state index in [0.29, 0.717) is 12.0 Å². The van der Waals surface area contributed by atoms with E-state index in [0.717, 1.165) is 31.7 Å². The van der Waals surface area contributed by atoms with Crippen molar-refractivity contribution in [1.82, 2.24) is 5.32 Å². The van der Waals surface area contributed by atoms with Gasteiger partial charge in [0, 0.05) is 12.6 Å². The summed E-state index contributed by atoms with van der Waals surface area (Å²) >= 11 is 0. The first-order chi connectivity index (χ1) is 10.1. The van der Waals surface area contributed by atoms with Crippen LogP contribution in [0.2, 0.25) is 0 Å². The van der Waals surface area contributed by atoms with E-state index in [-0.39, 0.29) is 6.10 Å². The molecule has 0 heterocycles. The first-order valence-electron chi connectivity index (χ1n) is 8.10. The van der Waals surface area contributed by atoms with Crippen molar-refractivity contribution < 1.29 is 9.47 Å². The molecule has 0 aliphatic carbocycles. The van der Waals surface area contributed by atoms with Crippen molar-refractivity contribution in [2.75, 3.05) is 20.3 Å². The first-order valence-corrected chi connectivity index (χ1v) is 8.10. The molecule has 1 aromatic rings. The third-order valence-corrected chi connectivity index (χ3v) is 3.78. The number of nitrogens with one attached hydrogen (secondary N) is 1. The molecule has 0 aromatic heterocycles. The summed E-state index contributed by atoms with van der Waals surface area (Å²) in [5.41, 5.74) is 1.35. The maximum Gasteiger partial charge on any atom is 0.118 e. The number of likely N-dealkylation sites (N-methyl/N-ethyl adjacent to an activating group) is 1. The van der Waals surface area contributed by atoms with Gasteiger partial charge >= 0.3 is 0 Å². The molecule has 0 spiro atoms. The Morgan fingerprint density at radius 2 is 1.76 bits per heavy atom. The summed E-state index contributed by atoms with van der Waals surface area (Å²) in [6, 6.07) is 8.75. The molecule has 0 radical (unpaired) electrons. The Kier molecular flexibility index (Phi) is 8.40. The average Bonchev–Trinajstić information content (AvgIpc) is 2.49. The lowest BCUT2D eigenvalue weighted by molar-refractivity contribution is 0.00194. The summed E-state index contributed by atoms with van der Waals surface area (Å²) in [6.07, 6.45) is 2.41. The van der Waals surface area contributed by atoms with E-state index in [9.17, 15) is 0 Å². The van der Waals surface area contributed by atoms with Gasteiger partial charge in [0.1, 0.15) is 5.75 Å². The number of ether oxygens (including phenoxy) is 2. The maximum atomic E-state index is 5.96. The minimum atomic E-state index is 0.271. The van der Waals surface area contributed by atoms with Crippen LogP contribution in [0.25, 0.3) is 0 Å². The average molecular weight is 293 g/mol. The molecule has 0 aliphatic rings. The third kappa shape index (κ3) is 6.06. The van der Waals surface area contributed by atoms with Gasteiger partial charge in [0.25, 0.3) is 0 Å². The summed E-state index contributed by atoms with van der Waals surface area (Å²) in [6.45, 7) is 10.4. The zero-order valence-corrected chi connectivity index (χ0v) is 14.2. The Morgan fingerprint density at radius 3 is 2.24 bits per heavy atom. The number of aryl methyl sites for hydroxylation is 1.